The van der Waals surface area contributed by atoms with Crippen molar-refractivity contribution < 1.29 is 17.9 Å². The van der Waals surface area contributed by atoms with E-state index >= 15 is 0 Å². The molecule has 6 nitrogen and oxygen atoms in total. The summed E-state index contributed by atoms with van der Waals surface area (Å²) in [7, 11) is -1.81. The van der Waals surface area contributed by atoms with Crippen molar-refractivity contribution in [2.24, 2.45) is 0 Å². The first-order valence-electron chi connectivity index (χ1n) is 8.73. The van der Waals surface area contributed by atoms with Crippen molar-refractivity contribution in [1.29, 1.82) is 0 Å². The molecule has 0 saturated carbocycles. The Balaban J connectivity index is 1.41. The van der Waals surface area contributed by atoms with Gasteiger partial charge in [-0.3, -0.25) is 0 Å². The Labute approximate surface area is 162 Å². The molecule has 4 rings (SSSR count). The molecule has 0 aliphatic carbocycles. The Hall–Kier alpha value is -2.16. The van der Waals surface area contributed by atoms with Gasteiger partial charge in [-0.1, -0.05) is 29.5 Å². The minimum Gasteiger partial charge on any atom is -0.497 e. The maximum Gasteiger partial charge on any atom is 0.274 e. The van der Waals surface area contributed by atoms with Crippen LogP contribution in [0.5, 0.6) is 10.9 Å². The van der Waals surface area contributed by atoms with Crippen molar-refractivity contribution in [1.82, 2.24) is 9.29 Å². The van der Waals surface area contributed by atoms with Crippen LogP contribution in [-0.2, 0) is 10.0 Å². The average Bonchev–Trinajstić information content (AvgIpc) is 3.10. The SMILES string of the molecule is COc1ccc2sc(OC3CCN(S(=O)(=O)c4ccccc4)CC3)nc2c1. The fourth-order valence-corrected chi connectivity index (χ4v) is 5.49. The molecular weight excluding hydrogens is 384 g/mol. The number of hydrogen-bond acceptors (Lipinski definition) is 6. The molecule has 0 bridgehead atoms. The number of fused-ring (bicyclic) bond motifs is 1. The molecule has 0 radical (unpaired) electrons. The maximum absolute atomic E-state index is 12.7. The number of rotatable bonds is 5. The maximum atomic E-state index is 12.7. The van der Waals surface area contributed by atoms with Gasteiger partial charge in [0.25, 0.3) is 5.19 Å². The first-order valence-corrected chi connectivity index (χ1v) is 11.0. The van der Waals surface area contributed by atoms with Crippen LogP contribution in [0.25, 0.3) is 10.2 Å². The highest BCUT2D eigenvalue weighted by atomic mass is 32.2. The zero-order valence-corrected chi connectivity index (χ0v) is 16.5. The molecule has 0 unspecified atom stereocenters. The van der Waals surface area contributed by atoms with Crippen LogP contribution >= 0.6 is 11.3 Å². The Bertz CT molecular complexity index is 1030. The van der Waals surface area contributed by atoms with Crippen LogP contribution < -0.4 is 9.47 Å². The van der Waals surface area contributed by atoms with E-state index < -0.39 is 10.0 Å². The van der Waals surface area contributed by atoms with Crippen LogP contribution in [0.2, 0.25) is 0 Å². The van der Waals surface area contributed by atoms with Gasteiger partial charge in [0, 0.05) is 19.2 Å². The molecular formula is C19H20N2O4S2. The summed E-state index contributed by atoms with van der Waals surface area (Å²) in [4.78, 5) is 4.85. The average molecular weight is 405 g/mol. The first-order chi connectivity index (χ1) is 13.1. The van der Waals surface area contributed by atoms with E-state index in [9.17, 15) is 8.42 Å². The number of ether oxygens (including phenoxy) is 2. The number of thiazole rings is 1. The van der Waals surface area contributed by atoms with E-state index in [4.69, 9.17) is 9.47 Å². The Morgan fingerprint density at radius 2 is 1.85 bits per heavy atom. The van der Waals surface area contributed by atoms with Crippen molar-refractivity contribution in [3.8, 4) is 10.9 Å². The molecule has 27 heavy (non-hydrogen) atoms. The Morgan fingerprint density at radius 3 is 2.56 bits per heavy atom. The normalized spacial score (nSPS) is 16.5. The summed E-state index contributed by atoms with van der Waals surface area (Å²) in [6.07, 6.45) is 1.26. The Kier molecular flexibility index (Phi) is 5.03. The minimum absolute atomic E-state index is 0.0327. The Morgan fingerprint density at radius 1 is 1.11 bits per heavy atom. The molecule has 1 saturated heterocycles. The zero-order chi connectivity index (χ0) is 18.9. The lowest BCUT2D eigenvalue weighted by atomic mass is 10.1. The fraction of sp³-hybridized carbons (Fsp3) is 0.316. The van der Waals surface area contributed by atoms with Gasteiger partial charge in [-0.05, 0) is 37.1 Å². The number of aromatic nitrogens is 1. The van der Waals surface area contributed by atoms with E-state index in [0.29, 0.717) is 36.0 Å². The summed E-state index contributed by atoms with van der Waals surface area (Å²) < 4.78 is 39.2. The van der Waals surface area contributed by atoms with Crippen molar-refractivity contribution >= 4 is 31.6 Å². The highest BCUT2D eigenvalue weighted by Crippen LogP contribution is 2.32. The van der Waals surface area contributed by atoms with E-state index in [-0.39, 0.29) is 6.10 Å². The monoisotopic (exact) mass is 404 g/mol. The third kappa shape index (κ3) is 3.78. The van der Waals surface area contributed by atoms with Crippen LogP contribution in [-0.4, -0.2) is 44.0 Å². The molecule has 142 valence electrons. The molecule has 1 fully saturated rings. The van der Waals surface area contributed by atoms with Gasteiger partial charge in [0.15, 0.2) is 0 Å². The van der Waals surface area contributed by atoms with Crippen LogP contribution in [0.15, 0.2) is 53.4 Å². The summed E-state index contributed by atoms with van der Waals surface area (Å²) in [5, 5.41) is 0.614. The largest absolute Gasteiger partial charge is 0.497 e. The summed E-state index contributed by atoms with van der Waals surface area (Å²) in [6, 6.07) is 14.3. The highest BCUT2D eigenvalue weighted by molar-refractivity contribution is 7.89. The van der Waals surface area contributed by atoms with Crippen LogP contribution in [0.1, 0.15) is 12.8 Å². The number of nitrogens with zero attached hydrogens (tertiary/aromatic N) is 2. The summed E-state index contributed by atoms with van der Waals surface area (Å²) in [6.45, 7) is 0.890. The van der Waals surface area contributed by atoms with Crippen molar-refractivity contribution in [2.45, 2.75) is 23.8 Å². The lowest BCUT2D eigenvalue weighted by Crippen LogP contribution is -2.41. The minimum atomic E-state index is -3.44. The number of hydrogen-bond donors (Lipinski definition) is 0. The van der Waals surface area contributed by atoms with Crippen molar-refractivity contribution in [3.63, 3.8) is 0 Å². The van der Waals surface area contributed by atoms with Gasteiger partial charge >= 0.3 is 0 Å². The van der Waals surface area contributed by atoms with E-state index in [1.165, 1.54) is 15.6 Å². The van der Waals surface area contributed by atoms with Gasteiger partial charge in [-0.25, -0.2) is 13.4 Å². The molecule has 2 aromatic carbocycles. The molecule has 1 aromatic heterocycles. The third-order valence-electron chi connectivity index (χ3n) is 4.62. The second kappa shape index (κ2) is 7.46. The van der Waals surface area contributed by atoms with Gasteiger partial charge < -0.3 is 9.47 Å². The van der Waals surface area contributed by atoms with Crippen molar-refractivity contribution in [2.75, 3.05) is 20.2 Å². The summed E-state index contributed by atoms with van der Waals surface area (Å²) in [5.41, 5.74) is 0.846. The number of sulfonamides is 1. The van der Waals surface area contributed by atoms with E-state index in [1.807, 2.05) is 24.3 Å². The molecule has 0 spiro atoms. The van der Waals surface area contributed by atoms with Crippen molar-refractivity contribution in [3.05, 3.63) is 48.5 Å². The first kappa shape index (κ1) is 18.2. The lowest BCUT2D eigenvalue weighted by Gasteiger charge is -2.30. The van der Waals surface area contributed by atoms with Gasteiger partial charge in [0.05, 0.1) is 22.2 Å². The third-order valence-corrected chi connectivity index (χ3v) is 7.46. The predicted octanol–water partition coefficient (Wildman–Crippen LogP) is 3.54. The molecule has 8 heteroatoms. The molecule has 0 amide bonds. The molecule has 3 aromatic rings. The number of piperidine rings is 1. The topological polar surface area (TPSA) is 68.7 Å². The predicted molar refractivity (Wildman–Crippen MR) is 105 cm³/mol. The smallest absolute Gasteiger partial charge is 0.274 e. The van der Waals surface area contributed by atoms with Crippen LogP contribution in [0, 0.1) is 0 Å². The molecule has 1 aliphatic heterocycles. The lowest BCUT2D eigenvalue weighted by molar-refractivity contribution is 0.135. The number of methoxy groups -OCH3 is 1. The second-order valence-electron chi connectivity index (χ2n) is 6.35. The molecule has 1 aliphatic rings. The van der Waals surface area contributed by atoms with Crippen LogP contribution in [0.4, 0.5) is 0 Å². The highest BCUT2D eigenvalue weighted by Gasteiger charge is 2.30. The second-order valence-corrected chi connectivity index (χ2v) is 9.28. The fourth-order valence-electron chi connectivity index (χ4n) is 3.14. The molecule has 0 N–H and O–H groups in total. The van der Waals surface area contributed by atoms with Gasteiger partial charge in [-0.2, -0.15) is 4.31 Å². The van der Waals surface area contributed by atoms with Gasteiger partial charge in [0.1, 0.15) is 11.9 Å². The van der Waals surface area contributed by atoms with Gasteiger partial charge in [-0.15, -0.1) is 0 Å². The zero-order valence-electron chi connectivity index (χ0n) is 14.9. The number of benzene rings is 2. The van der Waals surface area contributed by atoms with E-state index in [0.717, 1.165) is 16.0 Å². The van der Waals surface area contributed by atoms with E-state index in [1.54, 1.807) is 31.4 Å². The van der Waals surface area contributed by atoms with Crippen LogP contribution in [0.3, 0.4) is 0 Å². The summed E-state index contributed by atoms with van der Waals surface area (Å²) in [5.74, 6) is 0.763. The quantitative estimate of drug-likeness (QED) is 0.651. The van der Waals surface area contributed by atoms with E-state index in [2.05, 4.69) is 4.98 Å². The molecule has 2 heterocycles. The summed E-state index contributed by atoms with van der Waals surface area (Å²) >= 11 is 1.49. The van der Waals surface area contributed by atoms with Gasteiger partial charge in [0.2, 0.25) is 10.0 Å². The molecule has 0 atom stereocenters. The standard InChI is InChI=1S/C19H20N2O4S2/c1-24-15-7-8-18-17(13-15)20-19(26-18)25-14-9-11-21(12-10-14)27(22,23)16-5-3-2-4-6-16/h2-8,13-14H,9-12H2,1H3.